The van der Waals surface area contributed by atoms with E-state index in [0.717, 1.165) is 115 Å². The first-order valence-electron chi connectivity index (χ1n) is 47.5. The first-order valence-corrected chi connectivity index (χ1v) is 50.5. The molecule has 0 spiro atoms. The fraction of sp³-hybridized carbons (Fsp3) is 0.957. The molecule has 660 valence electrons. The van der Waals surface area contributed by atoms with Crippen LogP contribution in [-0.4, -0.2) is 96.7 Å². The Labute approximate surface area is 683 Å². The molecule has 3 N–H and O–H groups in total. The molecule has 0 aliphatic heterocycles. The molecule has 0 heterocycles. The number of unbranched alkanes of at least 4 members (excludes halogenated alkanes) is 60. The second kappa shape index (κ2) is 83.1. The van der Waals surface area contributed by atoms with Crippen molar-refractivity contribution >= 4 is 39.5 Å². The van der Waals surface area contributed by atoms with E-state index in [9.17, 15) is 43.2 Å². The lowest BCUT2D eigenvalue weighted by Crippen LogP contribution is -2.30. The van der Waals surface area contributed by atoms with E-state index >= 15 is 0 Å². The van der Waals surface area contributed by atoms with Crippen molar-refractivity contribution in [2.75, 3.05) is 39.6 Å². The molecule has 0 radical (unpaired) electrons. The van der Waals surface area contributed by atoms with E-state index in [0.29, 0.717) is 25.7 Å². The second-order valence-corrected chi connectivity index (χ2v) is 36.7. The zero-order chi connectivity index (χ0) is 81.3. The van der Waals surface area contributed by atoms with Crippen LogP contribution in [0.3, 0.4) is 0 Å². The van der Waals surface area contributed by atoms with E-state index in [1.165, 1.54) is 302 Å². The fourth-order valence-corrected chi connectivity index (χ4v) is 16.0. The Morgan fingerprint density at radius 1 is 0.261 bits per heavy atom. The number of hydrogen-bond donors (Lipinski definition) is 3. The Morgan fingerprint density at radius 3 is 0.685 bits per heavy atom. The number of phosphoric ester groups is 2. The van der Waals surface area contributed by atoms with Crippen molar-refractivity contribution in [1.82, 2.24) is 0 Å². The Kier molecular flexibility index (Phi) is 81.7. The minimum atomic E-state index is -4.97. The molecule has 0 amide bonds. The Hall–Kier alpha value is -1.94. The third-order valence-corrected chi connectivity index (χ3v) is 24.0. The molecule has 0 aliphatic carbocycles. The summed E-state index contributed by atoms with van der Waals surface area (Å²) >= 11 is 0. The summed E-state index contributed by atoms with van der Waals surface area (Å²) in [5.74, 6) is -0.407. The van der Waals surface area contributed by atoms with Gasteiger partial charge in [0.05, 0.1) is 26.4 Å². The molecule has 0 aromatic heterocycles. The summed E-state index contributed by atoms with van der Waals surface area (Å²) in [5, 5.41) is 10.7. The highest BCUT2D eigenvalue weighted by molar-refractivity contribution is 7.47. The van der Waals surface area contributed by atoms with E-state index in [1.54, 1.807) is 0 Å². The molecule has 3 unspecified atom stereocenters. The molecule has 0 aliphatic rings. The lowest BCUT2D eigenvalue weighted by molar-refractivity contribution is -0.161. The van der Waals surface area contributed by atoms with Crippen LogP contribution in [0.4, 0.5) is 0 Å². The van der Waals surface area contributed by atoms with Crippen LogP contribution >= 0.6 is 15.6 Å². The van der Waals surface area contributed by atoms with Crippen LogP contribution in [0.2, 0.25) is 0 Å². The van der Waals surface area contributed by atoms with Crippen molar-refractivity contribution in [1.29, 1.82) is 0 Å². The van der Waals surface area contributed by atoms with Gasteiger partial charge in [0.2, 0.25) is 0 Å². The minimum absolute atomic E-state index is 0.109. The van der Waals surface area contributed by atoms with E-state index < -0.39 is 97.5 Å². The number of aliphatic hydroxyl groups excluding tert-OH is 1. The summed E-state index contributed by atoms with van der Waals surface area (Å²) in [7, 11) is -9.93. The second-order valence-electron chi connectivity index (χ2n) is 33.8. The predicted octanol–water partition coefficient (Wildman–Crippen LogP) is 28.6. The van der Waals surface area contributed by atoms with Gasteiger partial charge in [0, 0.05) is 25.7 Å². The monoisotopic (exact) mass is 1620 g/mol. The van der Waals surface area contributed by atoms with E-state index in [4.69, 9.17) is 37.0 Å². The van der Waals surface area contributed by atoms with E-state index in [2.05, 4.69) is 41.5 Å². The van der Waals surface area contributed by atoms with Crippen LogP contribution in [0.5, 0.6) is 0 Å². The number of carbonyl (C=O) groups is 4. The van der Waals surface area contributed by atoms with Crippen LogP contribution in [0, 0.1) is 11.8 Å². The normalized spacial score (nSPS) is 14.0. The Balaban J connectivity index is 5.13. The maximum atomic E-state index is 13.2. The molecule has 0 saturated carbocycles. The van der Waals surface area contributed by atoms with Gasteiger partial charge in [-0.25, -0.2) is 9.13 Å². The quantitative estimate of drug-likeness (QED) is 0.0222. The number of hydrogen-bond acceptors (Lipinski definition) is 15. The summed E-state index contributed by atoms with van der Waals surface area (Å²) in [6.45, 7) is 9.77. The van der Waals surface area contributed by atoms with Gasteiger partial charge in [-0.3, -0.25) is 37.3 Å². The van der Waals surface area contributed by atoms with Gasteiger partial charge in [-0.05, 0) is 37.5 Å². The van der Waals surface area contributed by atoms with Gasteiger partial charge in [-0.2, -0.15) is 0 Å². The molecule has 0 fully saturated rings. The molecule has 17 nitrogen and oxygen atoms in total. The Morgan fingerprint density at radius 2 is 0.459 bits per heavy atom. The first kappa shape index (κ1) is 109. The largest absolute Gasteiger partial charge is 0.472 e. The van der Waals surface area contributed by atoms with Gasteiger partial charge in [-0.15, -0.1) is 0 Å². The standard InChI is InChI=1S/C92H180O17P2/c1-7-10-12-14-16-17-18-19-20-21-22-23-24-32-37-42-47-52-58-64-70-76-91(96)108-87(80-102-89(94)74-68-62-54-15-13-11-8-2)82-106-110(98,99)104-78-86(93)79-105-111(100,101)107-83-88(81-103-90(95)75-69-63-57-51-46-41-36-31-27-25-29-34-39-44-49-55-60-66-72-84(4)5)109-92(97)77-71-65-59-53-48-43-38-33-28-26-30-35-40-45-50-56-61-67-73-85(6)9-3/h84-88,93H,7-83H2,1-6H3,(H,98,99)(H,100,101)/t85?,86-,87+,88+/m0/s1. The molecule has 0 saturated heterocycles. The summed E-state index contributed by atoms with van der Waals surface area (Å²) in [6.07, 6.45) is 78.2. The highest BCUT2D eigenvalue weighted by Crippen LogP contribution is 2.45. The zero-order valence-electron chi connectivity index (χ0n) is 73.3. The lowest BCUT2D eigenvalue weighted by Gasteiger charge is -2.21. The number of rotatable bonds is 91. The number of carbonyl (C=O) groups excluding carboxylic acids is 4. The van der Waals surface area contributed by atoms with Crippen LogP contribution in [0.25, 0.3) is 0 Å². The molecule has 0 bridgehead atoms. The van der Waals surface area contributed by atoms with Gasteiger partial charge < -0.3 is 33.8 Å². The van der Waals surface area contributed by atoms with Crippen LogP contribution in [0.1, 0.15) is 497 Å². The predicted molar refractivity (Wildman–Crippen MR) is 460 cm³/mol. The van der Waals surface area contributed by atoms with Gasteiger partial charge in [0.25, 0.3) is 0 Å². The molecule has 111 heavy (non-hydrogen) atoms. The molecular formula is C92H180O17P2. The molecule has 0 rings (SSSR count). The summed E-state index contributed by atoms with van der Waals surface area (Å²) in [4.78, 5) is 73.2. The Bertz CT molecular complexity index is 2120. The van der Waals surface area contributed by atoms with Crippen molar-refractivity contribution in [3.8, 4) is 0 Å². The molecular weight excluding hydrogens is 1440 g/mol. The topological polar surface area (TPSA) is 237 Å². The van der Waals surface area contributed by atoms with Crippen molar-refractivity contribution in [3.63, 3.8) is 0 Å². The molecule has 19 heteroatoms. The molecule has 6 atom stereocenters. The summed E-state index contributed by atoms with van der Waals surface area (Å²) in [6, 6.07) is 0. The van der Waals surface area contributed by atoms with Crippen LogP contribution < -0.4 is 0 Å². The number of ether oxygens (including phenoxy) is 4. The number of esters is 4. The van der Waals surface area contributed by atoms with Gasteiger partial charge >= 0.3 is 39.5 Å². The van der Waals surface area contributed by atoms with Crippen molar-refractivity contribution in [2.24, 2.45) is 11.8 Å². The maximum Gasteiger partial charge on any atom is 0.472 e. The average Bonchev–Trinajstić information content (AvgIpc) is 0.905. The van der Waals surface area contributed by atoms with Crippen molar-refractivity contribution in [2.45, 2.75) is 516 Å². The lowest BCUT2D eigenvalue weighted by atomic mass is 9.99. The van der Waals surface area contributed by atoms with Crippen LogP contribution in [-0.2, 0) is 65.4 Å². The van der Waals surface area contributed by atoms with Crippen molar-refractivity contribution < 1.29 is 80.2 Å². The maximum absolute atomic E-state index is 13.2. The van der Waals surface area contributed by atoms with E-state index in [-0.39, 0.29) is 25.7 Å². The van der Waals surface area contributed by atoms with Crippen molar-refractivity contribution in [3.05, 3.63) is 0 Å². The fourth-order valence-electron chi connectivity index (χ4n) is 14.4. The SMILES string of the molecule is CCCCCCCCCCCCCCCCCCCCCCCC(=O)O[C@H](COC(=O)CCCCCCCCC)COP(=O)(O)OC[C@H](O)COP(=O)(O)OC[C@@H](COC(=O)CCCCCCCCCCCCCCCCCCCCC(C)C)OC(=O)CCCCCCCCCCCCCCCCCCCCC(C)CC. The van der Waals surface area contributed by atoms with Gasteiger partial charge in [0.15, 0.2) is 12.2 Å². The average molecular weight is 1620 g/mol. The van der Waals surface area contributed by atoms with Gasteiger partial charge in [-0.1, -0.05) is 446 Å². The number of phosphoric acid groups is 2. The minimum Gasteiger partial charge on any atom is -0.462 e. The highest BCUT2D eigenvalue weighted by atomic mass is 31.2. The molecule has 0 aromatic rings. The van der Waals surface area contributed by atoms with Crippen LogP contribution in [0.15, 0.2) is 0 Å². The molecule has 0 aromatic carbocycles. The first-order chi connectivity index (χ1) is 53.9. The van der Waals surface area contributed by atoms with Gasteiger partial charge in [0.1, 0.15) is 19.3 Å². The zero-order valence-corrected chi connectivity index (χ0v) is 75.1. The smallest absolute Gasteiger partial charge is 0.462 e. The van der Waals surface area contributed by atoms with E-state index in [1.807, 2.05) is 0 Å². The third kappa shape index (κ3) is 84.3. The number of aliphatic hydroxyl groups is 1. The highest BCUT2D eigenvalue weighted by Gasteiger charge is 2.31. The summed E-state index contributed by atoms with van der Waals surface area (Å²) in [5.41, 5.74) is 0. The summed E-state index contributed by atoms with van der Waals surface area (Å²) < 4.78 is 68.9. The third-order valence-electron chi connectivity index (χ3n) is 22.1.